The Morgan fingerprint density at radius 3 is 2.75 bits per heavy atom. The molecule has 1 aliphatic rings. The summed E-state index contributed by atoms with van der Waals surface area (Å²) in [5.41, 5.74) is 0.738. The highest BCUT2D eigenvalue weighted by Gasteiger charge is 2.31. The van der Waals surface area contributed by atoms with Gasteiger partial charge >= 0.3 is 0 Å². The van der Waals surface area contributed by atoms with Crippen molar-refractivity contribution in [2.75, 3.05) is 20.1 Å². The molecule has 0 amide bonds. The van der Waals surface area contributed by atoms with E-state index in [9.17, 15) is 12.8 Å². The monoisotopic (exact) mass is 322 g/mol. The summed E-state index contributed by atoms with van der Waals surface area (Å²) in [6.45, 7) is 2.60. The van der Waals surface area contributed by atoms with Crippen molar-refractivity contribution in [3.63, 3.8) is 0 Å². The maximum atomic E-state index is 13.8. The van der Waals surface area contributed by atoms with Gasteiger partial charge in [0.2, 0.25) is 10.0 Å². The summed E-state index contributed by atoms with van der Waals surface area (Å²) >= 11 is 0. The van der Waals surface area contributed by atoms with Gasteiger partial charge in [-0.25, -0.2) is 12.8 Å². The number of sulfonamides is 1. The molecule has 0 bridgehead atoms. The third-order valence-corrected chi connectivity index (χ3v) is 5.38. The molecule has 0 radical (unpaired) electrons. The number of hydrogen-bond acceptors (Lipinski definition) is 3. The first-order valence-electron chi connectivity index (χ1n) is 6.38. The minimum absolute atomic E-state index is 0. The van der Waals surface area contributed by atoms with Crippen molar-refractivity contribution in [1.29, 1.82) is 0 Å². The Morgan fingerprint density at radius 2 is 2.10 bits per heavy atom. The van der Waals surface area contributed by atoms with E-state index < -0.39 is 15.8 Å². The molecule has 2 rings (SSSR count). The summed E-state index contributed by atoms with van der Waals surface area (Å²) in [7, 11) is -1.93. The molecule has 0 saturated carbocycles. The van der Waals surface area contributed by atoms with Crippen molar-refractivity contribution >= 4 is 22.4 Å². The number of aryl methyl sites for hydroxylation is 1. The van der Waals surface area contributed by atoms with Gasteiger partial charge in [-0.1, -0.05) is 6.07 Å². The first-order valence-corrected chi connectivity index (χ1v) is 7.82. The van der Waals surface area contributed by atoms with Crippen molar-refractivity contribution in [1.82, 2.24) is 9.62 Å². The Morgan fingerprint density at radius 1 is 1.40 bits per heavy atom. The highest BCUT2D eigenvalue weighted by atomic mass is 35.5. The topological polar surface area (TPSA) is 49.4 Å². The van der Waals surface area contributed by atoms with Crippen LogP contribution in [0.1, 0.15) is 18.4 Å². The zero-order valence-electron chi connectivity index (χ0n) is 11.6. The van der Waals surface area contributed by atoms with Gasteiger partial charge < -0.3 is 5.32 Å². The van der Waals surface area contributed by atoms with Crippen LogP contribution in [0.4, 0.5) is 4.39 Å². The quantitative estimate of drug-likeness (QED) is 0.925. The number of benzene rings is 1. The highest BCUT2D eigenvalue weighted by Crippen LogP contribution is 2.23. The van der Waals surface area contributed by atoms with Gasteiger partial charge in [-0.15, -0.1) is 12.4 Å². The number of hydrogen-bond donors (Lipinski definition) is 1. The van der Waals surface area contributed by atoms with Crippen LogP contribution in [0.2, 0.25) is 0 Å². The van der Waals surface area contributed by atoms with E-state index in [0.717, 1.165) is 18.4 Å². The van der Waals surface area contributed by atoms with Gasteiger partial charge in [0.05, 0.1) is 0 Å². The molecule has 1 aromatic rings. The van der Waals surface area contributed by atoms with Gasteiger partial charge in [-0.05, 0) is 44.5 Å². The third kappa shape index (κ3) is 3.49. The molecule has 1 unspecified atom stereocenters. The Balaban J connectivity index is 0.00000200. The molecule has 20 heavy (non-hydrogen) atoms. The van der Waals surface area contributed by atoms with E-state index in [2.05, 4.69) is 5.32 Å². The van der Waals surface area contributed by atoms with Crippen molar-refractivity contribution < 1.29 is 12.8 Å². The van der Waals surface area contributed by atoms with Crippen LogP contribution in [0.5, 0.6) is 0 Å². The van der Waals surface area contributed by atoms with Crippen molar-refractivity contribution in [3.05, 3.63) is 29.6 Å². The lowest BCUT2D eigenvalue weighted by Gasteiger charge is -2.31. The van der Waals surface area contributed by atoms with Crippen LogP contribution in [0.15, 0.2) is 23.1 Å². The van der Waals surface area contributed by atoms with Crippen LogP contribution in [-0.4, -0.2) is 38.9 Å². The van der Waals surface area contributed by atoms with Gasteiger partial charge in [-0.3, -0.25) is 0 Å². The summed E-state index contributed by atoms with van der Waals surface area (Å²) < 4.78 is 40.1. The van der Waals surface area contributed by atoms with E-state index in [1.807, 2.05) is 7.05 Å². The molecule has 1 N–H and O–H groups in total. The Hall–Kier alpha value is -0.690. The lowest BCUT2D eigenvalue weighted by molar-refractivity contribution is 0.292. The van der Waals surface area contributed by atoms with Crippen molar-refractivity contribution in [2.24, 2.45) is 0 Å². The minimum Gasteiger partial charge on any atom is -0.316 e. The fourth-order valence-corrected chi connectivity index (χ4v) is 4.02. The molecule has 114 valence electrons. The lowest BCUT2D eigenvalue weighted by atomic mass is 10.1. The number of likely N-dealkylation sites (N-methyl/N-ethyl adjacent to an activating group) is 1. The standard InChI is InChI=1S/C13H19FN2O2S.ClH/c1-10-5-6-12(14)13(8-10)19(17,18)16-7-3-4-11(9-16)15-2;/h5-6,8,11,15H,3-4,7,9H2,1-2H3;1H. The first-order chi connectivity index (χ1) is 8.95. The molecule has 1 atom stereocenters. The molecule has 0 aliphatic carbocycles. The van der Waals surface area contributed by atoms with Gasteiger partial charge in [0.1, 0.15) is 10.7 Å². The maximum absolute atomic E-state index is 13.8. The van der Waals surface area contributed by atoms with Crippen LogP contribution in [0, 0.1) is 12.7 Å². The average molecular weight is 323 g/mol. The molecule has 0 aromatic heterocycles. The van der Waals surface area contributed by atoms with Crippen LogP contribution in [0.3, 0.4) is 0 Å². The van der Waals surface area contributed by atoms with Crippen LogP contribution >= 0.6 is 12.4 Å². The van der Waals surface area contributed by atoms with Crippen LogP contribution in [-0.2, 0) is 10.0 Å². The Kier molecular flexibility index (Phi) is 5.94. The van der Waals surface area contributed by atoms with E-state index in [0.29, 0.717) is 13.1 Å². The Labute approximate surface area is 125 Å². The number of nitrogens with zero attached hydrogens (tertiary/aromatic N) is 1. The molecule has 7 heteroatoms. The van der Waals surface area contributed by atoms with Crippen LogP contribution < -0.4 is 5.32 Å². The van der Waals surface area contributed by atoms with Gasteiger partial charge in [0, 0.05) is 19.1 Å². The fraction of sp³-hybridized carbons (Fsp3) is 0.538. The first kappa shape index (κ1) is 17.4. The summed E-state index contributed by atoms with van der Waals surface area (Å²) in [5, 5.41) is 3.08. The number of piperidine rings is 1. The largest absolute Gasteiger partial charge is 0.316 e. The molecule has 1 aliphatic heterocycles. The summed E-state index contributed by atoms with van der Waals surface area (Å²) in [4.78, 5) is -0.218. The maximum Gasteiger partial charge on any atom is 0.246 e. The normalized spacial score (nSPS) is 20.4. The zero-order valence-corrected chi connectivity index (χ0v) is 13.2. The predicted octanol–water partition coefficient (Wildman–Crippen LogP) is 1.93. The van der Waals surface area contributed by atoms with E-state index >= 15 is 0 Å². The molecular weight excluding hydrogens is 303 g/mol. The summed E-state index contributed by atoms with van der Waals surface area (Å²) in [6.07, 6.45) is 1.73. The van der Waals surface area contributed by atoms with E-state index in [1.165, 1.54) is 16.4 Å². The second kappa shape index (κ2) is 6.85. The average Bonchev–Trinajstić information content (AvgIpc) is 2.41. The number of halogens is 2. The third-order valence-electron chi connectivity index (χ3n) is 3.50. The second-order valence-electron chi connectivity index (χ2n) is 4.92. The fourth-order valence-electron chi connectivity index (χ4n) is 2.34. The summed E-state index contributed by atoms with van der Waals surface area (Å²) in [5.74, 6) is -0.683. The lowest BCUT2D eigenvalue weighted by Crippen LogP contribution is -2.47. The molecule has 1 fully saturated rings. The van der Waals surface area contributed by atoms with E-state index in [1.54, 1.807) is 13.0 Å². The van der Waals surface area contributed by atoms with Gasteiger partial charge in [0.15, 0.2) is 0 Å². The summed E-state index contributed by atoms with van der Waals surface area (Å²) in [6, 6.07) is 4.31. The smallest absolute Gasteiger partial charge is 0.246 e. The zero-order chi connectivity index (χ0) is 14.0. The van der Waals surface area contributed by atoms with E-state index in [-0.39, 0.29) is 23.3 Å². The van der Waals surface area contributed by atoms with Crippen LogP contribution in [0.25, 0.3) is 0 Å². The Bertz CT molecular complexity index is 565. The SMILES string of the molecule is CNC1CCCN(S(=O)(=O)c2cc(C)ccc2F)C1.Cl. The minimum atomic E-state index is -3.74. The second-order valence-corrected chi connectivity index (χ2v) is 6.83. The molecule has 1 saturated heterocycles. The number of rotatable bonds is 3. The molecule has 1 heterocycles. The molecular formula is C13H20ClFN2O2S. The predicted molar refractivity (Wildman–Crippen MR) is 79.2 cm³/mol. The van der Waals surface area contributed by atoms with Crippen molar-refractivity contribution in [3.8, 4) is 0 Å². The van der Waals surface area contributed by atoms with Crippen molar-refractivity contribution in [2.45, 2.75) is 30.7 Å². The molecule has 4 nitrogen and oxygen atoms in total. The molecule has 1 aromatic carbocycles. The van der Waals surface area contributed by atoms with Gasteiger partial charge in [-0.2, -0.15) is 4.31 Å². The van der Waals surface area contributed by atoms with E-state index in [4.69, 9.17) is 0 Å². The molecule has 0 spiro atoms. The van der Waals surface area contributed by atoms with Gasteiger partial charge in [0.25, 0.3) is 0 Å². The highest BCUT2D eigenvalue weighted by molar-refractivity contribution is 7.89. The number of nitrogens with one attached hydrogen (secondary N) is 1.